The number of pyridine rings is 1. The molecule has 0 radical (unpaired) electrons. The molecule has 0 aliphatic rings. The van der Waals surface area contributed by atoms with Crippen LogP contribution in [0.4, 0.5) is 11.5 Å². The third-order valence-electron chi connectivity index (χ3n) is 2.77. The minimum absolute atomic E-state index is 0. The Kier molecular flexibility index (Phi) is 11.4. The third-order valence-corrected chi connectivity index (χ3v) is 3.18. The predicted molar refractivity (Wildman–Crippen MR) is 93.6 cm³/mol. The second kappa shape index (κ2) is 11.0. The van der Waals surface area contributed by atoms with Gasteiger partial charge in [0.2, 0.25) is 10.4 Å². The van der Waals surface area contributed by atoms with Crippen molar-refractivity contribution in [3.8, 4) is 0 Å². The Bertz CT molecular complexity index is 707. The fraction of sp³-hybridized carbons (Fsp3) is 0.333. The predicted octanol–water partition coefficient (Wildman–Crippen LogP) is 0.0513. The van der Waals surface area contributed by atoms with Gasteiger partial charge < -0.3 is 16.0 Å². The normalized spacial score (nSPS) is 9.96. The van der Waals surface area contributed by atoms with Crippen molar-refractivity contribution >= 4 is 46.7 Å². The van der Waals surface area contributed by atoms with Gasteiger partial charge in [-0.05, 0) is 12.0 Å². The zero-order valence-electron chi connectivity index (χ0n) is 13.2. The van der Waals surface area contributed by atoms with Gasteiger partial charge in [0.1, 0.15) is 12.9 Å². The molecule has 0 aromatic carbocycles. The van der Waals surface area contributed by atoms with E-state index < -0.39 is 10.4 Å². The molecule has 2 rings (SSSR count). The molecule has 2 aromatic rings. The standard InChI is InChI=1S/C11H16N5.CH4O4S.2ClH/c1-15-5-2-9(3-6-15)4-7-16-11(13)10(12)8-14-16;1-5-6(2,3)4;;/h2-3,5-6,8H,4,7,12-13H2,1H3;1H3,(H,2,3,4);2*1H/q+1;;;/p-1. The zero-order chi connectivity index (χ0) is 16.8. The van der Waals surface area contributed by atoms with E-state index in [2.05, 4.69) is 21.4 Å². The van der Waals surface area contributed by atoms with E-state index >= 15 is 0 Å². The van der Waals surface area contributed by atoms with Crippen LogP contribution in [-0.2, 0) is 34.6 Å². The number of aryl methyl sites for hydroxylation is 3. The van der Waals surface area contributed by atoms with Crippen molar-refractivity contribution < 1.29 is 21.7 Å². The summed E-state index contributed by atoms with van der Waals surface area (Å²) in [5.41, 5.74) is 13.2. The van der Waals surface area contributed by atoms with Gasteiger partial charge in [-0.3, -0.25) is 4.18 Å². The van der Waals surface area contributed by atoms with Crippen LogP contribution >= 0.6 is 24.8 Å². The lowest BCUT2D eigenvalue weighted by Gasteiger charge is -2.03. The SMILES string of the molecule is COS(=O)(=O)[O-].C[n+]1ccc(CCn2ncc(N)c2N)cc1.Cl.Cl. The first-order valence-electron chi connectivity index (χ1n) is 6.25. The highest BCUT2D eigenvalue weighted by Gasteiger charge is 2.04. The fourth-order valence-electron chi connectivity index (χ4n) is 1.52. The minimum Gasteiger partial charge on any atom is -0.726 e. The lowest BCUT2D eigenvalue weighted by atomic mass is 10.2. The Balaban J connectivity index is 0. The number of aromatic nitrogens is 3. The Morgan fingerprint density at radius 2 is 1.79 bits per heavy atom. The summed E-state index contributed by atoms with van der Waals surface area (Å²) in [6.07, 6.45) is 6.53. The van der Waals surface area contributed by atoms with E-state index in [0.717, 1.165) is 20.1 Å². The van der Waals surface area contributed by atoms with Gasteiger partial charge in [-0.1, -0.05) is 0 Å². The van der Waals surface area contributed by atoms with Crippen LogP contribution in [0.15, 0.2) is 30.7 Å². The van der Waals surface area contributed by atoms with Crippen LogP contribution in [0.1, 0.15) is 5.56 Å². The van der Waals surface area contributed by atoms with E-state index in [1.807, 2.05) is 24.0 Å². The van der Waals surface area contributed by atoms with Crippen LogP contribution in [0.3, 0.4) is 0 Å². The van der Waals surface area contributed by atoms with Crippen molar-refractivity contribution in [3.63, 3.8) is 0 Å². The molecule has 4 N–H and O–H groups in total. The van der Waals surface area contributed by atoms with Gasteiger partial charge in [-0.2, -0.15) is 5.10 Å². The molecule has 0 unspecified atom stereocenters. The molecule has 2 heterocycles. The highest BCUT2D eigenvalue weighted by Crippen LogP contribution is 2.12. The Hall–Kier alpha value is -1.59. The second-order valence-corrected chi connectivity index (χ2v) is 5.55. The van der Waals surface area contributed by atoms with Crippen LogP contribution in [0.2, 0.25) is 0 Å². The van der Waals surface area contributed by atoms with Gasteiger partial charge in [0.15, 0.2) is 12.4 Å². The van der Waals surface area contributed by atoms with Gasteiger partial charge in [-0.25, -0.2) is 17.7 Å². The van der Waals surface area contributed by atoms with Crippen molar-refractivity contribution in [3.05, 3.63) is 36.3 Å². The van der Waals surface area contributed by atoms with Crippen LogP contribution in [0.25, 0.3) is 0 Å². The molecule has 0 bridgehead atoms. The largest absolute Gasteiger partial charge is 0.726 e. The van der Waals surface area contributed by atoms with E-state index in [9.17, 15) is 13.0 Å². The number of anilines is 2. The number of nitrogens with two attached hydrogens (primary N) is 2. The number of nitrogen functional groups attached to an aromatic ring is 2. The lowest BCUT2D eigenvalue weighted by molar-refractivity contribution is -0.671. The molecule has 2 aromatic heterocycles. The molecule has 0 saturated carbocycles. The summed E-state index contributed by atoms with van der Waals surface area (Å²) < 4.78 is 34.7. The van der Waals surface area contributed by atoms with Crippen LogP contribution in [-0.4, -0.2) is 29.9 Å². The number of rotatable bonds is 4. The first-order chi connectivity index (χ1) is 10.2. The molecular formula is C12H21Cl2N5O4S. The number of hydrogen-bond donors (Lipinski definition) is 2. The Labute approximate surface area is 153 Å². The molecule has 0 aliphatic heterocycles. The smallest absolute Gasteiger partial charge is 0.217 e. The monoisotopic (exact) mass is 401 g/mol. The van der Waals surface area contributed by atoms with E-state index in [4.69, 9.17) is 11.5 Å². The summed E-state index contributed by atoms with van der Waals surface area (Å²) in [6.45, 7) is 0.747. The lowest BCUT2D eigenvalue weighted by Crippen LogP contribution is -2.26. The minimum atomic E-state index is -4.41. The number of halogens is 2. The highest BCUT2D eigenvalue weighted by atomic mass is 35.5. The van der Waals surface area contributed by atoms with Crippen molar-refractivity contribution in [2.45, 2.75) is 13.0 Å². The first-order valence-corrected chi connectivity index (χ1v) is 7.58. The molecule has 0 amide bonds. The highest BCUT2D eigenvalue weighted by molar-refractivity contribution is 7.80. The van der Waals surface area contributed by atoms with E-state index in [1.165, 1.54) is 5.56 Å². The third kappa shape index (κ3) is 8.89. The number of nitrogens with zero attached hydrogens (tertiary/aromatic N) is 3. The van der Waals surface area contributed by atoms with E-state index in [-0.39, 0.29) is 24.8 Å². The van der Waals surface area contributed by atoms with Crippen molar-refractivity contribution in [2.24, 2.45) is 7.05 Å². The van der Waals surface area contributed by atoms with Gasteiger partial charge in [0.25, 0.3) is 0 Å². The summed E-state index contributed by atoms with van der Waals surface area (Å²) in [5, 5.41) is 4.11. The maximum Gasteiger partial charge on any atom is 0.217 e. The summed E-state index contributed by atoms with van der Waals surface area (Å²) in [4.78, 5) is 0. The quantitative estimate of drug-likeness (QED) is 0.418. The maximum atomic E-state index is 9.22. The fourth-order valence-corrected chi connectivity index (χ4v) is 1.52. The van der Waals surface area contributed by atoms with E-state index in [0.29, 0.717) is 11.5 Å². The van der Waals surface area contributed by atoms with Crippen LogP contribution < -0.4 is 16.0 Å². The Morgan fingerprint density at radius 3 is 2.17 bits per heavy atom. The molecule has 0 saturated heterocycles. The van der Waals surface area contributed by atoms with Gasteiger partial charge in [0.05, 0.1) is 19.0 Å². The average molecular weight is 402 g/mol. The molecule has 0 spiro atoms. The summed E-state index contributed by atoms with van der Waals surface area (Å²) >= 11 is 0. The summed E-state index contributed by atoms with van der Waals surface area (Å²) in [6, 6.07) is 4.17. The molecule has 0 aliphatic carbocycles. The van der Waals surface area contributed by atoms with Crippen molar-refractivity contribution in [1.82, 2.24) is 9.78 Å². The van der Waals surface area contributed by atoms with Gasteiger partial charge in [0, 0.05) is 18.7 Å². The topological polar surface area (TPSA) is 140 Å². The van der Waals surface area contributed by atoms with Crippen molar-refractivity contribution in [2.75, 3.05) is 18.6 Å². The van der Waals surface area contributed by atoms with E-state index in [1.54, 1.807) is 10.9 Å². The first kappa shape index (κ1) is 24.7. The molecule has 0 fully saturated rings. The average Bonchev–Trinajstić information content (AvgIpc) is 2.78. The molecule has 24 heavy (non-hydrogen) atoms. The van der Waals surface area contributed by atoms with Crippen LogP contribution in [0.5, 0.6) is 0 Å². The molecule has 12 heteroatoms. The maximum absolute atomic E-state index is 9.22. The summed E-state index contributed by atoms with van der Waals surface area (Å²) in [7, 11) is -1.61. The van der Waals surface area contributed by atoms with Gasteiger partial charge >= 0.3 is 0 Å². The van der Waals surface area contributed by atoms with Crippen LogP contribution in [0, 0.1) is 0 Å². The van der Waals surface area contributed by atoms with Gasteiger partial charge in [-0.15, -0.1) is 24.8 Å². The molecular weight excluding hydrogens is 381 g/mol. The zero-order valence-corrected chi connectivity index (χ0v) is 15.6. The molecule has 0 atom stereocenters. The Morgan fingerprint density at radius 1 is 1.29 bits per heavy atom. The molecule has 9 nitrogen and oxygen atoms in total. The second-order valence-electron chi connectivity index (χ2n) is 4.41. The number of hydrogen-bond acceptors (Lipinski definition) is 7. The summed E-state index contributed by atoms with van der Waals surface area (Å²) in [5.74, 6) is 0.543. The van der Waals surface area contributed by atoms with Crippen molar-refractivity contribution in [1.29, 1.82) is 0 Å². The molecule has 138 valence electrons.